The summed E-state index contributed by atoms with van der Waals surface area (Å²) in [4.78, 5) is 16.4. The van der Waals surface area contributed by atoms with E-state index in [9.17, 15) is 0 Å². The Morgan fingerprint density at radius 2 is 1.15 bits per heavy atom. The normalized spacial score (nSPS) is 11.1. The number of aromatic nitrogens is 3. The van der Waals surface area contributed by atoms with Gasteiger partial charge in [0.25, 0.3) is 0 Å². The minimum atomic E-state index is 0.706. The summed E-state index contributed by atoms with van der Waals surface area (Å²) >= 11 is 0. The number of benzene rings is 4. The standard InChI is InChI=1S/C35H36N4/c1-21-16-22(2)18-29(17-21)28-12-14-30(15-13-28)39(8)33-26(6)19-25(5)32(27(33)7)35-37-20-36-34(38-35)31-23(3)10-9-11-24(31)4/h9-20H,1-8H3. The summed E-state index contributed by atoms with van der Waals surface area (Å²) in [6, 6.07) is 24.0. The average Bonchev–Trinajstić information content (AvgIpc) is 2.88. The van der Waals surface area contributed by atoms with Crippen LogP contribution in [0.15, 0.2) is 73.1 Å². The largest absolute Gasteiger partial charge is 0.344 e. The van der Waals surface area contributed by atoms with Crippen LogP contribution in [-0.4, -0.2) is 22.0 Å². The van der Waals surface area contributed by atoms with Crippen LogP contribution in [0, 0.1) is 48.5 Å². The zero-order valence-corrected chi connectivity index (χ0v) is 24.2. The summed E-state index contributed by atoms with van der Waals surface area (Å²) in [5, 5.41) is 0. The second-order valence-electron chi connectivity index (χ2n) is 10.7. The van der Waals surface area contributed by atoms with E-state index in [1.807, 2.05) is 0 Å². The summed E-state index contributed by atoms with van der Waals surface area (Å²) in [7, 11) is 2.13. The first kappa shape index (κ1) is 26.3. The second-order valence-corrected chi connectivity index (χ2v) is 10.7. The van der Waals surface area contributed by atoms with Gasteiger partial charge < -0.3 is 4.90 Å². The van der Waals surface area contributed by atoms with Gasteiger partial charge >= 0.3 is 0 Å². The third kappa shape index (κ3) is 5.07. The van der Waals surface area contributed by atoms with Crippen LogP contribution in [0.4, 0.5) is 11.4 Å². The number of anilines is 2. The molecule has 0 saturated carbocycles. The van der Waals surface area contributed by atoms with Crippen molar-refractivity contribution in [2.75, 3.05) is 11.9 Å². The lowest BCUT2D eigenvalue weighted by Gasteiger charge is -2.26. The van der Waals surface area contributed by atoms with Gasteiger partial charge in [0.1, 0.15) is 6.33 Å². The molecule has 0 amide bonds. The van der Waals surface area contributed by atoms with E-state index >= 15 is 0 Å². The quantitative estimate of drug-likeness (QED) is 0.236. The summed E-state index contributed by atoms with van der Waals surface area (Å²) in [5.74, 6) is 1.42. The number of rotatable bonds is 5. The Bertz CT molecular complexity index is 1640. The van der Waals surface area contributed by atoms with Crippen LogP contribution in [0.3, 0.4) is 0 Å². The van der Waals surface area contributed by atoms with E-state index in [1.54, 1.807) is 6.33 Å². The number of hydrogen-bond acceptors (Lipinski definition) is 4. The molecule has 0 fully saturated rings. The molecule has 4 heteroatoms. The molecule has 4 aromatic carbocycles. The molecule has 4 nitrogen and oxygen atoms in total. The molecule has 0 aliphatic rings. The van der Waals surface area contributed by atoms with Crippen LogP contribution in [0.25, 0.3) is 33.9 Å². The van der Waals surface area contributed by atoms with Gasteiger partial charge in [-0.2, -0.15) is 0 Å². The Balaban J connectivity index is 1.55. The highest BCUT2D eigenvalue weighted by Crippen LogP contribution is 2.38. The maximum Gasteiger partial charge on any atom is 0.163 e. The van der Waals surface area contributed by atoms with Crippen LogP contribution in [0.1, 0.15) is 38.9 Å². The smallest absolute Gasteiger partial charge is 0.163 e. The maximum absolute atomic E-state index is 4.98. The molecule has 1 aromatic heterocycles. The van der Waals surface area contributed by atoms with Crippen molar-refractivity contribution in [3.63, 3.8) is 0 Å². The molecule has 0 N–H and O–H groups in total. The van der Waals surface area contributed by atoms with E-state index in [0.29, 0.717) is 11.6 Å². The van der Waals surface area contributed by atoms with Gasteiger partial charge in [-0.1, -0.05) is 65.7 Å². The number of aryl methyl sites for hydroxylation is 6. The Morgan fingerprint density at radius 1 is 0.564 bits per heavy atom. The Kier molecular flexibility index (Phi) is 7.05. The molecular formula is C35H36N4. The van der Waals surface area contributed by atoms with Gasteiger partial charge in [-0.25, -0.2) is 15.0 Å². The Morgan fingerprint density at radius 3 is 1.77 bits per heavy atom. The van der Waals surface area contributed by atoms with Gasteiger partial charge in [-0.05, 0) is 99.5 Å². The first-order valence-corrected chi connectivity index (χ1v) is 13.4. The molecular weight excluding hydrogens is 476 g/mol. The minimum Gasteiger partial charge on any atom is -0.344 e. The zero-order chi connectivity index (χ0) is 27.8. The van der Waals surface area contributed by atoms with Crippen molar-refractivity contribution in [1.82, 2.24) is 15.0 Å². The van der Waals surface area contributed by atoms with E-state index in [4.69, 9.17) is 4.98 Å². The Labute approximate surface area is 232 Å². The van der Waals surface area contributed by atoms with Crippen LogP contribution in [-0.2, 0) is 0 Å². The molecule has 0 atom stereocenters. The van der Waals surface area contributed by atoms with Crippen molar-refractivity contribution in [1.29, 1.82) is 0 Å². The van der Waals surface area contributed by atoms with Gasteiger partial charge in [0.05, 0.1) is 0 Å². The highest BCUT2D eigenvalue weighted by molar-refractivity contribution is 5.80. The minimum absolute atomic E-state index is 0.706. The molecule has 0 spiro atoms. The van der Waals surface area contributed by atoms with Gasteiger partial charge in [0.15, 0.2) is 11.6 Å². The van der Waals surface area contributed by atoms with E-state index in [-0.39, 0.29) is 0 Å². The summed E-state index contributed by atoms with van der Waals surface area (Å²) in [6.45, 7) is 15.0. The van der Waals surface area contributed by atoms with Gasteiger partial charge in [-0.3, -0.25) is 0 Å². The van der Waals surface area contributed by atoms with Crippen LogP contribution in [0.2, 0.25) is 0 Å². The van der Waals surface area contributed by atoms with Crippen molar-refractivity contribution >= 4 is 11.4 Å². The molecule has 196 valence electrons. The van der Waals surface area contributed by atoms with Crippen molar-refractivity contribution in [2.24, 2.45) is 0 Å². The molecule has 0 aliphatic heterocycles. The summed E-state index contributed by atoms with van der Waals surface area (Å²) in [6.07, 6.45) is 1.64. The van der Waals surface area contributed by atoms with Crippen molar-refractivity contribution < 1.29 is 0 Å². The van der Waals surface area contributed by atoms with Crippen LogP contribution >= 0.6 is 0 Å². The van der Waals surface area contributed by atoms with E-state index in [2.05, 4.69) is 137 Å². The lowest BCUT2D eigenvalue weighted by atomic mass is 9.95. The highest BCUT2D eigenvalue weighted by atomic mass is 15.1. The van der Waals surface area contributed by atoms with Gasteiger partial charge in [0, 0.05) is 29.5 Å². The van der Waals surface area contributed by atoms with Gasteiger partial charge in [-0.15, -0.1) is 0 Å². The van der Waals surface area contributed by atoms with Crippen LogP contribution < -0.4 is 4.90 Å². The maximum atomic E-state index is 4.98. The average molecular weight is 513 g/mol. The van der Waals surface area contributed by atoms with Gasteiger partial charge in [0.2, 0.25) is 0 Å². The molecule has 5 aromatic rings. The van der Waals surface area contributed by atoms with E-state index in [0.717, 1.165) is 39.1 Å². The number of hydrogen-bond donors (Lipinski definition) is 0. The monoisotopic (exact) mass is 512 g/mol. The molecule has 0 unspecified atom stereocenters. The Hall–Kier alpha value is -4.31. The predicted octanol–water partition coefficient (Wildman–Crippen LogP) is 8.80. The molecule has 0 saturated heterocycles. The van der Waals surface area contributed by atoms with Crippen LogP contribution in [0.5, 0.6) is 0 Å². The number of nitrogens with zero attached hydrogens (tertiary/aromatic N) is 4. The first-order chi connectivity index (χ1) is 18.6. The lowest BCUT2D eigenvalue weighted by molar-refractivity contribution is 1.05. The predicted molar refractivity (Wildman–Crippen MR) is 164 cm³/mol. The molecule has 5 rings (SSSR count). The topological polar surface area (TPSA) is 41.9 Å². The molecule has 39 heavy (non-hydrogen) atoms. The van der Waals surface area contributed by atoms with Crippen molar-refractivity contribution in [3.05, 3.63) is 112 Å². The lowest BCUT2D eigenvalue weighted by Crippen LogP contribution is -2.14. The SMILES string of the molecule is Cc1cc(C)cc(-c2ccc(N(C)c3c(C)cc(C)c(-c4ncnc(-c5c(C)cccc5C)n4)c3C)cc2)c1. The molecule has 1 heterocycles. The zero-order valence-electron chi connectivity index (χ0n) is 24.2. The van der Waals surface area contributed by atoms with E-state index < -0.39 is 0 Å². The van der Waals surface area contributed by atoms with Crippen molar-refractivity contribution in [3.8, 4) is 33.9 Å². The fourth-order valence-corrected chi connectivity index (χ4v) is 5.89. The highest BCUT2D eigenvalue weighted by Gasteiger charge is 2.20. The van der Waals surface area contributed by atoms with E-state index in [1.165, 1.54) is 33.5 Å². The third-order valence-electron chi connectivity index (χ3n) is 7.58. The second kappa shape index (κ2) is 10.5. The first-order valence-electron chi connectivity index (χ1n) is 13.4. The third-order valence-corrected chi connectivity index (χ3v) is 7.58. The summed E-state index contributed by atoms with van der Waals surface area (Å²) < 4.78 is 0. The summed E-state index contributed by atoms with van der Waals surface area (Å²) in [5.41, 5.74) is 15.3. The van der Waals surface area contributed by atoms with Crippen molar-refractivity contribution in [2.45, 2.75) is 48.5 Å². The fourth-order valence-electron chi connectivity index (χ4n) is 5.89. The molecule has 0 aliphatic carbocycles. The molecule has 0 bridgehead atoms. The fraction of sp³-hybridized carbons (Fsp3) is 0.229. The molecule has 0 radical (unpaired) electrons.